The molecule has 0 aliphatic carbocycles. The molecule has 0 aliphatic rings. The van der Waals surface area contributed by atoms with Crippen LogP contribution in [0.1, 0.15) is 5.56 Å². The summed E-state index contributed by atoms with van der Waals surface area (Å²) in [5, 5.41) is 0. The minimum Gasteiger partial charge on any atom is -0.459 e. The number of carbonyl (C=O) groups is 2. The maximum absolute atomic E-state index is 11.3. The van der Waals surface area contributed by atoms with E-state index in [1.54, 1.807) is 0 Å². The third-order valence-electron chi connectivity index (χ3n) is 2.08. The van der Waals surface area contributed by atoms with Crippen molar-refractivity contribution in [3.05, 3.63) is 35.9 Å². The second-order valence-electron chi connectivity index (χ2n) is 3.72. The molecule has 6 heteroatoms. The summed E-state index contributed by atoms with van der Waals surface area (Å²) in [5.74, 6) is -0.985. The summed E-state index contributed by atoms with van der Waals surface area (Å²) in [6.07, 6.45) is 0. The van der Waals surface area contributed by atoms with Crippen LogP contribution < -0.4 is 5.73 Å². The minimum absolute atomic E-state index is 0.146. The summed E-state index contributed by atoms with van der Waals surface area (Å²) >= 11 is 0. The molecule has 1 rings (SSSR count). The van der Waals surface area contributed by atoms with Crippen LogP contribution in [-0.4, -0.2) is 38.3 Å². The van der Waals surface area contributed by atoms with Gasteiger partial charge in [-0.05, 0) is 5.56 Å². The number of carbonyl (C=O) groups excluding carboxylic acids is 2. The van der Waals surface area contributed by atoms with E-state index in [-0.39, 0.29) is 33.0 Å². The lowest BCUT2D eigenvalue weighted by atomic mass is 10.2. The molecular weight excluding hydrogens is 250 g/mol. The van der Waals surface area contributed by atoms with Crippen molar-refractivity contribution < 1.29 is 23.8 Å². The highest BCUT2D eigenvalue weighted by molar-refractivity contribution is 5.74. The molecule has 104 valence electrons. The molecule has 0 unspecified atom stereocenters. The van der Waals surface area contributed by atoms with Crippen molar-refractivity contribution in [2.24, 2.45) is 5.73 Å². The fraction of sp³-hybridized carbons (Fsp3) is 0.385. The van der Waals surface area contributed by atoms with Gasteiger partial charge in [-0.3, -0.25) is 4.79 Å². The summed E-state index contributed by atoms with van der Waals surface area (Å²) in [6, 6.07) is 9.36. The second-order valence-corrected chi connectivity index (χ2v) is 3.72. The molecule has 0 radical (unpaired) electrons. The highest BCUT2D eigenvalue weighted by Gasteiger charge is 2.03. The number of rotatable bonds is 9. The zero-order chi connectivity index (χ0) is 13.9. The quantitative estimate of drug-likeness (QED) is 0.512. The molecule has 0 heterocycles. The van der Waals surface area contributed by atoms with E-state index in [0.29, 0.717) is 0 Å². The fourth-order valence-electron chi connectivity index (χ4n) is 1.23. The minimum atomic E-state index is -0.540. The zero-order valence-electron chi connectivity index (χ0n) is 10.5. The molecule has 0 spiro atoms. The summed E-state index contributed by atoms with van der Waals surface area (Å²) in [4.78, 5) is 21.6. The van der Waals surface area contributed by atoms with Crippen LogP contribution in [0.3, 0.4) is 0 Å². The van der Waals surface area contributed by atoms with Crippen LogP contribution in [0.4, 0.5) is 0 Å². The van der Waals surface area contributed by atoms with Crippen LogP contribution in [0.25, 0.3) is 0 Å². The molecule has 2 N–H and O–H groups in total. The highest BCUT2D eigenvalue weighted by atomic mass is 16.6. The van der Waals surface area contributed by atoms with Crippen molar-refractivity contribution in [1.29, 1.82) is 0 Å². The highest BCUT2D eigenvalue weighted by Crippen LogP contribution is 2.00. The molecule has 1 aromatic rings. The molecule has 0 atom stereocenters. The standard InChI is InChI=1S/C13H17NO5/c14-12(15)9-17-6-7-18-10-13(16)19-8-11-4-2-1-3-5-11/h1-5H,6-10H2,(H2,14,15). The van der Waals surface area contributed by atoms with Gasteiger partial charge in [0, 0.05) is 0 Å². The molecule has 19 heavy (non-hydrogen) atoms. The molecule has 0 aromatic heterocycles. The Balaban J connectivity index is 2.01. The Bertz CT molecular complexity index is 393. The van der Waals surface area contributed by atoms with Gasteiger partial charge in [0.25, 0.3) is 0 Å². The fourth-order valence-corrected chi connectivity index (χ4v) is 1.23. The van der Waals surface area contributed by atoms with Crippen molar-refractivity contribution in [1.82, 2.24) is 0 Å². The van der Waals surface area contributed by atoms with Crippen molar-refractivity contribution in [3.63, 3.8) is 0 Å². The van der Waals surface area contributed by atoms with Crippen LogP contribution in [-0.2, 0) is 30.4 Å². The van der Waals surface area contributed by atoms with Gasteiger partial charge in [-0.2, -0.15) is 0 Å². The van der Waals surface area contributed by atoms with E-state index < -0.39 is 11.9 Å². The first-order chi connectivity index (χ1) is 9.18. The lowest BCUT2D eigenvalue weighted by molar-refractivity contribution is -0.151. The number of amides is 1. The first-order valence-corrected chi connectivity index (χ1v) is 5.82. The maximum Gasteiger partial charge on any atom is 0.332 e. The number of nitrogens with two attached hydrogens (primary N) is 1. The molecule has 1 amide bonds. The van der Waals surface area contributed by atoms with Gasteiger partial charge in [-0.1, -0.05) is 30.3 Å². The number of ether oxygens (including phenoxy) is 3. The van der Waals surface area contributed by atoms with Crippen LogP contribution in [0.2, 0.25) is 0 Å². The van der Waals surface area contributed by atoms with E-state index in [2.05, 4.69) is 0 Å². The molecule has 6 nitrogen and oxygen atoms in total. The van der Waals surface area contributed by atoms with Crippen LogP contribution in [0.15, 0.2) is 30.3 Å². The topological polar surface area (TPSA) is 87.9 Å². The Morgan fingerprint density at radius 3 is 2.26 bits per heavy atom. The Kier molecular flexibility index (Phi) is 7.23. The van der Waals surface area contributed by atoms with Crippen molar-refractivity contribution >= 4 is 11.9 Å². The van der Waals surface area contributed by atoms with Gasteiger partial charge in [0.05, 0.1) is 13.2 Å². The summed E-state index contributed by atoms with van der Waals surface area (Å²) in [6.45, 7) is 0.332. The van der Waals surface area contributed by atoms with Gasteiger partial charge in [0.2, 0.25) is 5.91 Å². The average molecular weight is 267 g/mol. The first-order valence-electron chi connectivity index (χ1n) is 5.82. The summed E-state index contributed by atoms with van der Waals surface area (Å²) < 4.78 is 14.9. The molecule has 0 saturated carbocycles. The summed E-state index contributed by atoms with van der Waals surface area (Å²) in [5.41, 5.74) is 5.79. The number of hydrogen-bond acceptors (Lipinski definition) is 5. The maximum atomic E-state index is 11.3. The number of benzene rings is 1. The van der Waals surface area contributed by atoms with E-state index in [4.69, 9.17) is 19.9 Å². The first kappa shape index (κ1) is 15.1. The van der Waals surface area contributed by atoms with Crippen molar-refractivity contribution in [3.8, 4) is 0 Å². The van der Waals surface area contributed by atoms with E-state index in [9.17, 15) is 9.59 Å². The molecule has 0 fully saturated rings. The van der Waals surface area contributed by atoms with E-state index >= 15 is 0 Å². The van der Waals surface area contributed by atoms with Gasteiger partial charge in [-0.15, -0.1) is 0 Å². The van der Waals surface area contributed by atoms with Crippen LogP contribution in [0, 0.1) is 0 Å². The Morgan fingerprint density at radius 2 is 1.63 bits per heavy atom. The Morgan fingerprint density at radius 1 is 1.00 bits per heavy atom. The third kappa shape index (κ3) is 7.91. The Labute approximate surface area is 111 Å². The van der Waals surface area contributed by atoms with Crippen molar-refractivity contribution in [2.45, 2.75) is 6.61 Å². The van der Waals surface area contributed by atoms with Crippen LogP contribution >= 0.6 is 0 Å². The van der Waals surface area contributed by atoms with Gasteiger partial charge >= 0.3 is 5.97 Å². The lowest BCUT2D eigenvalue weighted by Crippen LogP contribution is -2.20. The van der Waals surface area contributed by atoms with Crippen LogP contribution in [0.5, 0.6) is 0 Å². The molecule has 1 aromatic carbocycles. The smallest absolute Gasteiger partial charge is 0.332 e. The van der Waals surface area contributed by atoms with E-state index in [0.717, 1.165) is 5.56 Å². The number of hydrogen-bond donors (Lipinski definition) is 1. The average Bonchev–Trinajstić information content (AvgIpc) is 2.41. The van der Waals surface area contributed by atoms with Crippen molar-refractivity contribution in [2.75, 3.05) is 26.4 Å². The second kappa shape index (κ2) is 9.07. The number of esters is 1. The third-order valence-corrected chi connectivity index (χ3v) is 2.08. The van der Waals surface area contributed by atoms with Gasteiger partial charge in [0.1, 0.15) is 19.8 Å². The Hall–Kier alpha value is -1.92. The number of primary amides is 1. The molecule has 0 aliphatic heterocycles. The van der Waals surface area contributed by atoms with Gasteiger partial charge in [-0.25, -0.2) is 4.79 Å². The van der Waals surface area contributed by atoms with Gasteiger partial charge in [0.15, 0.2) is 0 Å². The zero-order valence-corrected chi connectivity index (χ0v) is 10.5. The normalized spacial score (nSPS) is 10.1. The van der Waals surface area contributed by atoms with Gasteiger partial charge < -0.3 is 19.9 Å². The summed E-state index contributed by atoms with van der Waals surface area (Å²) in [7, 11) is 0. The largest absolute Gasteiger partial charge is 0.459 e. The lowest BCUT2D eigenvalue weighted by Gasteiger charge is -2.06. The van der Waals surface area contributed by atoms with E-state index in [1.807, 2.05) is 30.3 Å². The predicted octanol–water partition coefficient (Wildman–Crippen LogP) is 0.248. The molecular formula is C13H17NO5. The van der Waals surface area contributed by atoms with E-state index in [1.165, 1.54) is 0 Å². The predicted molar refractivity (Wildman–Crippen MR) is 67.1 cm³/mol. The molecule has 0 bridgehead atoms. The molecule has 0 saturated heterocycles. The SMILES string of the molecule is NC(=O)COCCOCC(=O)OCc1ccccc1. The monoisotopic (exact) mass is 267 g/mol.